The van der Waals surface area contributed by atoms with Gasteiger partial charge in [-0.25, -0.2) is 0 Å². The molecule has 0 aliphatic rings. The van der Waals surface area contributed by atoms with E-state index >= 15 is 0 Å². The molecule has 1 heterocycles. The van der Waals surface area contributed by atoms with Crippen LogP contribution >= 0.6 is 46.1 Å². The van der Waals surface area contributed by atoms with E-state index in [-0.39, 0.29) is 5.91 Å². The number of benzene rings is 2. The van der Waals surface area contributed by atoms with E-state index in [2.05, 4.69) is 5.32 Å². The zero-order valence-corrected chi connectivity index (χ0v) is 17.2. The molecule has 2 aromatic carbocycles. The standard InChI is InChI=1S/C18H14Cl3NO3S/c1-8-4-12(24-2)13(25-3)7-11(8)22-18(23)17-16(21)15-10(20)5-9(19)6-14(15)26-17/h4-7H,1-3H3,(H,22,23). The van der Waals surface area contributed by atoms with Gasteiger partial charge in [-0.1, -0.05) is 34.8 Å². The second-order valence-electron chi connectivity index (χ2n) is 5.48. The van der Waals surface area contributed by atoms with Crippen LogP contribution in [0.3, 0.4) is 0 Å². The summed E-state index contributed by atoms with van der Waals surface area (Å²) in [5.41, 5.74) is 1.43. The average molecular weight is 431 g/mol. The highest BCUT2D eigenvalue weighted by atomic mass is 35.5. The van der Waals surface area contributed by atoms with Gasteiger partial charge in [0.05, 0.1) is 24.3 Å². The third-order valence-electron chi connectivity index (χ3n) is 3.83. The summed E-state index contributed by atoms with van der Waals surface area (Å²) >= 11 is 19.9. The van der Waals surface area contributed by atoms with Gasteiger partial charge in [-0.3, -0.25) is 4.79 Å². The van der Waals surface area contributed by atoms with Crippen LogP contribution in [0, 0.1) is 6.92 Å². The number of anilines is 1. The molecule has 3 rings (SSSR count). The van der Waals surface area contributed by atoms with E-state index in [1.54, 1.807) is 31.4 Å². The fourth-order valence-corrected chi connectivity index (χ4v) is 4.83. The summed E-state index contributed by atoms with van der Waals surface area (Å²) in [4.78, 5) is 13.1. The fraction of sp³-hybridized carbons (Fsp3) is 0.167. The van der Waals surface area contributed by atoms with E-state index < -0.39 is 0 Å². The van der Waals surface area contributed by atoms with Crippen LogP contribution < -0.4 is 14.8 Å². The van der Waals surface area contributed by atoms with Crippen molar-refractivity contribution < 1.29 is 14.3 Å². The number of hydrogen-bond donors (Lipinski definition) is 1. The predicted molar refractivity (Wildman–Crippen MR) is 109 cm³/mol. The van der Waals surface area contributed by atoms with Gasteiger partial charge in [0.25, 0.3) is 5.91 Å². The molecule has 0 bridgehead atoms. The molecule has 0 aliphatic carbocycles. The smallest absolute Gasteiger partial charge is 0.267 e. The molecular weight excluding hydrogens is 417 g/mol. The van der Waals surface area contributed by atoms with E-state index in [4.69, 9.17) is 44.3 Å². The molecule has 1 aromatic heterocycles. The van der Waals surface area contributed by atoms with E-state index in [0.717, 1.165) is 10.3 Å². The second kappa shape index (κ2) is 7.53. The maximum Gasteiger partial charge on any atom is 0.267 e. The van der Waals surface area contributed by atoms with E-state index in [1.165, 1.54) is 18.4 Å². The number of nitrogens with one attached hydrogen (secondary N) is 1. The quantitative estimate of drug-likeness (QED) is 0.518. The molecular formula is C18H14Cl3NO3S. The lowest BCUT2D eigenvalue weighted by Crippen LogP contribution is -2.12. The summed E-state index contributed by atoms with van der Waals surface area (Å²) in [6, 6.07) is 6.83. The number of rotatable bonds is 4. The Bertz CT molecular complexity index is 1020. The molecule has 136 valence electrons. The number of fused-ring (bicyclic) bond motifs is 1. The SMILES string of the molecule is COc1cc(C)c(NC(=O)c2sc3cc(Cl)cc(Cl)c3c2Cl)cc1OC. The van der Waals surface area contributed by atoms with Gasteiger partial charge in [-0.2, -0.15) is 0 Å². The molecule has 3 aromatic rings. The summed E-state index contributed by atoms with van der Waals surface area (Å²) in [6.07, 6.45) is 0. The highest BCUT2D eigenvalue weighted by Crippen LogP contribution is 2.42. The first-order chi connectivity index (χ1) is 12.3. The Labute approximate surface area is 169 Å². The Balaban J connectivity index is 2.00. The second-order valence-corrected chi connectivity index (χ2v) is 7.76. The summed E-state index contributed by atoms with van der Waals surface area (Å²) in [7, 11) is 3.09. The van der Waals surface area contributed by atoms with E-state index in [9.17, 15) is 4.79 Å². The molecule has 0 saturated heterocycles. The van der Waals surface area contributed by atoms with Gasteiger partial charge in [-0.15, -0.1) is 11.3 Å². The molecule has 1 N–H and O–H groups in total. The summed E-state index contributed by atoms with van der Waals surface area (Å²) in [5.74, 6) is 0.772. The number of ether oxygens (including phenoxy) is 2. The number of carbonyl (C=O) groups excluding carboxylic acids is 1. The Hall–Kier alpha value is -1.66. The van der Waals surface area contributed by atoms with Crippen molar-refractivity contribution in [2.45, 2.75) is 6.92 Å². The van der Waals surface area contributed by atoms with E-state index in [1.807, 2.05) is 6.92 Å². The summed E-state index contributed by atoms with van der Waals surface area (Å²) in [6.45, 7) is 1.86. The lowest BCUT2D eigenvalue weighted by Gasteiger charge is -2.13. The molecule has 0 spiro atoms. The zero-order valence-electron chi connectivity index (χ0n) is 14.1. The Morgan fingerprint density at radius 3 is 2.35 bits per heavy atom. The zero-order chi connectivity index (χ0) is 19.0. The third-order valence-corrected chi connectivity index (χ3v) is 5.98. The van der Waals surface area contributed by atoms with Gasteiger partial charge in [0.2, 0.25) is 0 Å². The molecule has 0 radical (unpaired) electrons. The maximum absolute atomic E-state index is 12.8. The van der Waals surface area contributed by atoms with Crippen molar-refractivity contribution in [2.75, 3.05) is 19.5 Å². The average Bonchev–Trinajstić information content (AvgIpc) is 2.92. The highest BCUT2D eigenvalue weighted by molar-refractivity contribution is 7.21. The van der Waals surface area contributed by atoms with Crippen molar-refractivity contribution in [3.8, 4) is 11.5 Å². The largest absolute Gasteiger partial charge is 0.493 e. The number of amides is 1. The van der Waals surface area contributed by atoms with Crippen molar-refractivity contribution in [3.05, 3.63) is 49.8 Å². The molecule has 0 aliphatic heterocycles. The number of thiophene rings is 1. The molecule has 0 fully saturated rings. The van der Waals surface area contributed by atoms with E-state index in [0.29, 0.717) is 42.5 Å². The molecule has 0 atom stereocenters. The van der Waals surface area contributed by atoms with Gasteiger partial charge >= 0.3 is 0 Å². The topological polar surface area (TPSA) is 47.6 Å². The number of carbonyl (C=O) groups is 1. The Kier molecular flexibility index (Phi) is 5.53. The van der Waals surface area contributed by atoms with Crippen molar-refractivity contribution in [1.29, 1.82) is 0 Å². The van der Waals surface area contributed by atoms with Gasteiger partial charge in [0, 0.05) is 26.9 Å². The summed E-state index contributed by atoms with van der Waals surface area (Å²) in [5, 5.41) is 4.69. The van der Waals surface area contributed by atoms with Crippen LogP contribution in [0.4, 0.5) is 5.69 Å². The first-order valence-electron chi connectivity index (χ1n) is 7.46. The molecule has 4 nitrogen and oxygen atoms in total. The van der Waals surface area contributed by atoms with Gasteiger partial charge in [0.1, 0.15) is 4.88 Å². The van der Waals surface area contributed by atoms with Gasteiger partial charge in [0.15, 0.2) is 11.5 Å². The molecule has 1 amide bonds. The lowest BCUT2D eigenvalue weighted by atomic mass is 10.1. The minimum Gasteiger partial charge on any atom is -0.493 e. The van der Waals surface area contributed by atoms with Crippen LogP contribution in [0.25, 0.3) is 10.1 Å². The van der Waals surface area contributed by atoms with Gasteiger partial charge in [-0.05, 0) is 30.7 Å². The van der Waals surface area contributed by atoms with Crippen molar-refractivity contribution in [1.82, 2.24) is 0 Å². The number of halogens is 3. The Morgan fingerprint density at radius 1 is 1.04 bits per heavy atom. The van der Waals surface area contributed by atoms with Gasteiger partial charge < -0.3 is 14.8 Å². The van der Waals surface area contributed by atoms with Crippen LogP contribution in [0.2, 0.25) is 15.1 Å². The van der Waals surface area contributed by atoms with Crippen molar-refractivity contribution in [2.24, 2.45) is 0 Å². The fourth-order valence-electron chi connectivity index (χ4n) is 2.55. The van der Waals surface area contributed by atoms with Crippen molar-refractivity contribution in [3.63, 3.8) is 0 Å². The minimum atomic E-state index is -0.335. The van der Waals surface area contributed by atoms with Crippen LogP contribution in [0.15, 0.2) is 24.3 Å². The maximum atomic E-state index is 12.8. The molecule has 26 heavy (non-hydrogen) atoms. The van der Waals surface area contributed by atoms with Crippen molar-refractivity contribution >= 4 is 67.8 Å². The van der Waals surface area contributed by atoms with Crippen LogP contribution in [0.5, 0.6) is 11.5 Å². The first kappa shape index (κ1) is 19.1. The minimum absolute atomic E-state index is 0.308. The normalized spacial score (nSPS) is 10.8. The molecule has 0 unspecified atom stereocenters. The lowest BCUT2D eigenvalue weighted by molar-refractivity contribution is 0.103. The molecule has 8 heteroatoms. The summed E-state index contributed by atoms with van der Waals surface area (Å²) < 4.78 is 11.3. The third kappa shape index (κ3) is 3.45. The monoisotopic (exact) mass is 429 g/mol. The van der Waals surface area contributed by atoms with Crippen LogP contribution in [0.1, 0.15) is 15.2 Å². The number of aryl methyl sites for hydroxylation is 1. The molecule has 0 saturated carbocycles. The Morgan fingerprint density at radius 2 is 1.69 bits per heavy atom. The highest BCUT2D eigenvalue weighted by Gasteiger charge is 2.21. The number of hydrogen-bond acceptors (Lipinski definition) is 4. The van der Waals surface area contributed by atoms with Crippen LogP contribution in [-0.4, -0.2) is 20.1 Å². The number of methoxy groups -OCH3 is 2. The first-order valence-corrected chi connectivity index (χ1v) is 9.41. The van der Waals surface area contributed by atoms with Crippen LogP contribution in [-0.2, 0) is 0 Å². The predicted octanol–water partition coefficient (Wildman–Crippen LogP) is 6.44.